The molecule has 1 aliphatic rings. The summed E-state index contributed by atoms with van der Waals surface area (Å²) in [6, 6.07) is 7.68. The Hall–Kier alpha value is -1.68. The van der Waals surface area contributed by atoms with E-state index in [1.807, 2.05) is 36.1 Å². The highest BCUT2D eigenvalue weighted by Gasteiger charge is 2.20. The lowest BCUT2D eigenvalue weighted by molar-refractivity contribution is -0.130. The molecule has 1 aliphatic heterocycles. The first-order valence-electron chi connectivity index (χ1n) is 6.64. The summed E-state index contributed by atoms with van der Waals surface area (Å²) < 4.78 is 0. The first kappa shape index (κ1) is 13.7. The number of hydrogen-bond acceptors (Lipinski definition) is 3. The van der Waals surface area contributed by atoms with Gasteiger partial charge in [0.2, 0.25) is 5.91 Å². The molecule has 0 spiro atoms. The van der Waals surface area contributed by atoms with E-state index < -0.39 is 0 Å². The maximum absolute atomic E-state index is 12.1. The van der Waals surface area contributed by atoms with Gasteiger partial charge in [0.05, 0.1) is 6.54 Å². The van der Waals surface area contributed by atoms with E-state index in [0.29, 0.717) is 6.54 Å². The van der Waals surface area contributed by atoms with E-state index in [-0.39, 0.29) is 11.7 Å². The van der Waals surface area contributed by atoms with Gasteiger partial charge in [-0.15, -0.1) is 0 Å². The van der Waals surface area contributed by atoms with Crippen LogP contribution in [0.3, 0.4) is 0 Å². The summed E-state index contributed by atoms with van der Waals surface area (Å²) >= 11 is 0. The fourth-order valence-electron chi connectivity index (χ4n) is 2.25. The second kappa shape index (κ2) is 5.97. The van der Waals surface area contributed by atoms with Crippen molar-refractivity contribution in [3.63, 3.8) is 0 Å². The Morgan fingerprint density at radius 2 is 1.63 bits per heavy atom. The zero-order chi connectivity index (χ0) is 13.8. The molecule has 0 radical (unpaired) electrons. The first-order chi connectivity index (χ1) is 9.06. The van der Waals surface area contributed by atoms with E-state index >= 15 is 0 Å². The van der Waals surface area contributed by atoms with Crippen LogP contribution in [0.15, 0.2) is 24.3 Å². The van der Waals surface area contributed by atoms with Gasteiger partial charge >= 0.3 is 0 Å². The highest BCUT2D eigenvalue weighted by molar-refractivity contribution is 5.97. The summed E-state index contributed by atoms with van der Waals surface area (Å²) in [5, 5.41) is 0. The minimum Gasteiger partial charge on any atom is -0.340 e. The van der Waals surface area contributed by atoms with E-state index in [1.54, 1.807) is 6.92 Å². The van der Waals surface area contributed by atoms with Gasteiger partial charge in [0.15, 0.2) is 5.78 Å². The van der Waals surface area contributed by atoms with Crippen molar-refractivity contribution in [2.75, 3.05) is 32.7 Å². The number of amides is 1. The predicted molar refractivity (Wildman–Crippen MR) is 74.2 cm³/mol. The van der Waals surface area contributed by atoms with Crippen LogP contribution in [0.4, 0.5) is 0 Å². The van der Waals surface area contributed by atoms with Crippen LogP contribution in [0, 0.1) is 6.92 Å². The smallest absolute Gasteiger partial charge is 0.219 e. The lowest BCUT2D eigenvalue weighted by atomic mass is 10.1. The number of ketones is 1. The van der Waals surface area contributed by atoms with Crippen LogP contribution in [-0.4, -0.2) is 54.2 Å². The highest BCUT2D eigenvalue weighted by Crippen LogP contribution is 2.07. The summed E-state index contributed by atoms with van der Waals surface area (Å²) in [4.78, 5) is 27.3. The molecule has 19 heavy (non-hydrogen) atoms. The maximum atomic E-state index is 12.1. The number of nitrogens with zero attached hydrogens (tertiary/aromatic N) is 2. The third-order valence-electron chi connectivity index (χ3n) is 3.56. The summed E-state index contributed by atoms with van der Waals surface area (Å²) in [7, 11) is 0. The third-order valence-corrected chi connectivity index (χ3v) is 3.56. The van der Waals surface area contributed by atoms with Gasteiger partial charge in [-0.1, -0.05) is 29.8 Å². The zero-order valence-electron chi connectivity index (χ0n) is 11.6. The summed E-state index contributed by atoms with van der Waals surface area (Å²) in [6.45, 7) is 7.03. The van der Waals surface area contributed by atoms with Gasteiger partial charge in [-0.05, 0) is 6.92 Å². The molecule has 0 unspecified atom stereocenters. The predicted octanol–water partition coefficient (Wildman–Crippen LogP) is 1.34. The number of benzene rings is 1. The fourth-order valence-corrected chi connectivity index (χ4v) is 2.25. The van der Waals surface area contributed by atoms with Crippen molar-refractivity contribution < 1.29 is 9.59 Å². The van der Waals surface area contributed by atoms with Crippen LogP contribution in [-0.2, 0) is 4.79 Å². The van der Waals surface area contributed by atoms with Crippen LogP contribution in [0.25, 0.3) is 0 Å². The molecule has 1 aromatic carbocycles. The van der Waals surface area contributed by atoms with Crippen molar-refractivity contribution >= 4 is 11.7 Å². The number of aryl methyl sites for hydroxylation is 1. The molecule has 0 aliphatic carbocycles. The highest BCUT2D eigenvalue weighted by atomic mass is 16.2. The topological polar surface area (TPSA) is 40.6 Å². The average molecular weight is 260 g/mol. The summed E-state index contributed by atoms with van der Waals surface area (Å²) in [5.74, 6) is 0.265. The molecule has 0 aromatic heterocycles. The molecule has 1 aromatic rings. The molecule has 0 N–H and O–H groups in total. The van der Waals surface area contributed by atoms with Crippen LogP contribution in [0.5, 0.6) is 0 Å². The van der Waals surface area contributed by atoms with Crippen molar-refractivity contribution in [3.05, 3.63) is 35.4 Å². The van der Waals surface area contributed by atoms with Gasteiger partial charge in [-0.25, -0.2) is 0 Å². The Morgan fingerprint density at radius 1 is 1.05 bits per heavy atom. The average Bonchev–Trinajstić information content (AvgIpc) is 2.40. The monoisotopic (exact) mass is 260 g/mol. The largest absolute Gasteiger partial charge is 0.340 e. The minimum atomic E-state index is 0.115. The van der Waals surface area contributed by atoms with Crippen LogP contribution in [0.2, 0.25) is 0 Å². The van der Waals surface area contributed by atoms with E-state index in [4.69, 9.17) is 0 Å². The van der Waals surface area contributed by atoms with Crippen molar-refractivity contribution in [1.82, 2.24) is 9.80 Å². The molecule has 1 fully saturated rings. The van der Waals surface area contributed by atoms with Crippen LogP contribution in [0.1, 0.15) is 22.8 Å². The van der Waals surface area contributed by atoms with Crippen LogP contribution < -0.4 is 0 Å². The van der Waals surface area contributed by atoms with Crippen molar-refractivity contribution in [2.45, 2.75) is 13.8 Å². The molecule has 2 rings (SSSR count). The second-order valence-corrected chi connectivity index (χ2v) is 5.07. The third kappa shape index (κ3) is 3.64. The number of hydrogen-bond donors (Lipinski definition) is 0. The van der Waals surface area contributed by atoms with Crippen molar-refractivity contribution in [3.8, 4) is 0 Å². The Labute approximate surface area is 114 Å². The molecule has 0 bridgehead atoms. The zero-order valence-corrected chi connectivity index (χ0v) is 11.6. The number of rotatable bonds is 3. The van der Waals surface area contributed by atoms with Gasteiger partial charge in [-0.2, -0.15) is 0 Å². The molecule has 4 nitrogen and oxygen atoms in total. The molecule has 0 atom stereocenters. The number of carbonyl (C=O) groups excluding carboxylic acids is 2. The molecule has 1 heterocycles. The molecule has 0 saturated carbocycles. The lowest BCUT2D eigenvalue weighted by Gasteiger charge is -2.33. The van der Waals surface area contributed by atoms with E-state index in [9.17, 15) is 9.59 Å². The van der Waals surface area contributed by atoms with Crippen molar-refractivity contribution in [2.24, 2.45) is 0 Å². The molecule has 1 saturated heterocycles. The standard InChI is InChI=1S/C15H20N2O2/c1-12-3-5-14(6-4-12)15(19)11-16-7-9-17(10-8-16)13(2)18/h3-6H,7-11H2,1-2H3. The van der Waals surface area contributed by atoms with Gasteiger partial charge < -0.3 is 4.90 Å². The fraction of sp³-hybridized carbons (Fsp3) is 0.467. The Balaban J connectivity index is 1.87. The molecule has 102 valence electrons. The Kier molecular flexibility index (Phi) is 4.32. The number of piperazine rings is 1. The maximum Gasteiger partial charge on any atom is 0.219 e. The SMILES string of the molecule is CC(=O)N1CCN(CC(=O)c2ccc(C)cc2)CC1. The van der Waals surface area contributed by atoms with Crippen LogP contribution >= 0.6 is 0 Å². The molecular weight excluding hydrogens is 240 g/mol. The summed E-state index contributed by atoms with van der Waals surface area (Å²) in [5.41, 5.74) is 1.92. The van der Waals surface area contributed by atoms with Gasteiger partial charge in [0.1, 0.15) is 0 Å². The number of carbonyl (C=O) groups is 2. The van der Waals surface area contributed by atoms with E-state index in [2.05, 4.69) is 4.90 Å². The molecular formula is C15H20N2O2. The van der Waals surface area contributed by atoms with E-state index in [0.717, 1.165) is 37.3 Å². The van der Waals surface area contributed by atoms with Gasteiger partial charge in [0.25, 0.3) is 0 Å². The Morgan fingerprint density at radius 3 is 2.16 bits per heavy atom. The second-order valence-electron chi connectivity index (χ2n) is 5.07. The summed E-state index contributed by atoms with van der Waals surface area (Å²) in [6.07, 6.45) is 0. The normalized spacial score (nSPS) is 16.4. The molecule has 1 amide bonds. The number of Topliss-reactive ketones (excluding diaryl/α,β-unsaturated/α-hetero) is 1. The molecule has 4 heteroatoms. The lowest BCUT2D eigenvalue weighted by Crippen LogP contribution is -2.49. The minimum absolute atomic E-state index is 0.115. The van der Waals surface area contributed by atoms with Gasteiger partial charge in [0, 0.05) is 38.7 Å². The first-order valence-corrected chi connectivity index (χ1v) is 6.64. The Bertz CT molecular complexity index is 460. The quantitative estimate of drug-likeness (QED) is 0.770. The van der Waals surface area contributed by atoms with Crippen molar-refractivity contribution in [1.29, 1.82) is 0 Å². The van der Waals surface area contributed by atoms with E-state index in [1.165, 1.54) is 0 Å². The van der Waals surface area contributed by atoms with Gasteiger partial charge in [-0.3, -0.25) is 14.5 Å².